The zero-order valence-electron chi connectivity index (χ0n) is 15.2. The Balaban J connectivity index is 1.98. The van der Waals surface area contributed by atoms with Crippen LogP contribution in [0.1, 0.15) is 5.56 Å². The second-order valence-corrected chi connectivity index (χ2v) is 6.10. The third kappa shape index (κ3) is 4.30. The van der Waals surface area contributed by atoms with Crippen molar-refractivity contribution in [3.05, 3.63) is 76.7 Å². The molecule has 0 saturated carbocycles. The molecule has 0 spiro atoms. The lowest BCUT2D eigenvalue weighted by Gasteiger charge is -2.13. The standard InChI is InChI=1S/C20H20N4O4/c1-28-18-7-5-13(9-17(18)14-3-2-4-15(10-14)23-27)11-24-12-16(22-20(21)26)6-8-19(24)25/h2-10,12,23,27H,11H2,1H3,(H3,21,22,26). The summed E-state index contributed by atoms with van der Waals surface area (Å²) in [4.78, 5) is 23.2. The number of amides is 2. The normalized spacial score (nSPS) is 10.4. The van der Waals surface area contributed by atoms with Gasteiger partial charge in [-0.15, -0.1) is 0 Å². The molecule has 0 fully saturated rings. The van der Waals surface area contributed by atoms with Gasteiger partial charge in [0.2, 0.25) is 0 Å². The van der Waals surface area contributed by atoms with Crippen molar-refractivity contribution in [2.75, 3.05) is 17.9 Å². The summed E-state index contributed by atoms with van der Waals surface area (Å²) >= 11 is 0. The number of aromatic nitrogens is 1. The van der Waals surface area contributed by atoms with Crippen LogP contribution in [0.5, 0.6) is 5.75 Å². The maximum atomic E-state index is 12.2. The van der Waals surface area contributed by atoms with Crippen molar-refractivity contribution in [1.29, 1.82) is 0 Å². The maximum absolute atomic E-state index is 12.2. The summed E-state index contributed by atoms with van der Waals surface area (Å²) in [6.45, 7) is 0.294. The van der Waals surface area contributed by atoms with E-state index in [4.69, 9.17) is 15.7 Å². The van der Waals surface area contributed by atoms with Crippen molar-refractivity contribution in [3.8, 4) is 16.9 Å². The van der Waals surface area contributed by atoms with Gasteiger partial charge >= 0.3 is 6.03 Å². The number of rotatable bonds is 6. The number of nitrogens with two attached hydrogens (primary N) is 1. The molecule has 0 aliphatic rings. The molecule has 0 aliphatic heterocycles. The van der Waals surface area contributed by atoms with Crippen molar-refractivity contribution < 1.29 is 14.7 Å². The minimum atomic E-state index is -0.700. The van der Waals surface area contributed by atoms with Crippen LogP contribution < -0.4 is 26.8 Å². The summed E-state index contributed by atoms with van der Waals surface area (Å²) in [6, 6.07) is 15.0. The molecule has 0 atom stereocenters. The van der Waals surface area contributed by atoms with E-state index in [1.807, 2.05) is 30.3 Å². The van der Waals surface area contributed by atoms with E-state index in [1.165, 1.54) is 22.9 Å². The van der Waals surface area contributed by atoms with Crippen LogP contribution in [0.25, 0.3) is 11.1 Å². The summed E-state index contributed by atoms with van der Waals surface area (Å²) in [5.74, 6) is 0.662. The molecule has 28 heavy (non-hydrogen) atoms. The fraction of sp³-hybridized carbons (Fsp3) is 0.100. The summed E-state index contributed by atoms with van der Waals surface area (Å²) in [7, 11) is 1.58. The van der Waals surface area contributed by atoms with Crippen LogP contribution in [0.2, 0.25) is 0 Å². The van der Waals surface area contributed by atoms with Gasteiger partial charge in [-0.3, -0.25) is 15.5 Å². The largest absolute Gasteiger partial charge is 0.496 e. The highest BCUT2D eigenvalue weighted by molar-refractivity contribution is 5.87. The number of carbonyl (C=O) groups is 1. The Morgan fingerprint density at radius 2 is 1.96 bits per heavy atom. The first-order chi connectivity index (χ1) is 13.5. The van der Waals surface area contributed by atoms with Crippen LogP contribution in [-0.2, 0) is 6.54 Å². The van der Waals surface area contributed by atoms with Gasteiger partial charge in [0.25, 0.3) is 5.56 Å². The summed E-state index contributed by atoms with van der Waals surface area (Å²) in [5, 5.41) is 11.6. The second kappa shape index (κ2) is 8.28. The Morgan fingerprint density at radius 3 is 2.68 bits per heavy atom. The van der Waals surface area contributed by atoms with Crippen LogP contribution in [0.3, 0.4) is 0 Å². The molecule has 2 amide bonds. The van der Waals surface area contributed by atoms with Gasteiger partial charge in [-0.2, -0.15) is 0 Å². The fourth-order valence-electron chi connectivity index (χ4n) is 2.90. The molecule has 3 rings (SSSR count). The van der Waals surface area contributed by atoms with Crippen LogP contribution in [0.4, 0.5) is 16.2 Å². The van der Waals surface area contributed by atoms with E-state index in [-0.39, 0.29) is 5.56 Å². The number of methoxy groups -OCH3 is 1. The predicted octanol–water partition coefficient (Wildman–Crippen LogP) is 2.86. The highest BCUT2D eigenvalue weighted by atomic mass is 16.5. The molecular formula is C20H20N4O4. The van der Waals surface area contributed by atoms with Gasteiger partial charge in [0.15, 0.2) is 0 Å². The van der Waals surface area contributed by atoms with E-state index in [0.29, 0.717) is 23.7 Å². The van der Waals surface area contributed by atoms with Crippen molar-refractivity contribution in [1.82, 2.24) is 4.57 Å². The fourth-order valence-corrected chi connectivity index (χ4v) is 2.90. The molecule has 0 bridgehead atoms. The Bertz CT molecular complexity index is 1060. The monoisotopic (exact) mass is 380 g/mol. The predicted molar refractivity (Wildman–Crippen MR) is 107 cm³/mol. The zero-order chi connectivity index (χ0) is 20.1. The minimum absolute atomic E-state index is 0.209. The Labute approximate surface area is 161 Å². The molecule has 0 radical (unpaired) electrons. The average Bonchev–Trinajstić information content (AvgIpc) is 2.70. The quantitative estimate of drug-likeness (QED) is 0.490. The lowest BCUT2D eigenvalue weighted by molar-refractivity contribution is 0.259. The van der Waals surface area contributed by atoms with E-state index in [9.17, 15) is 9.59 Å². The molecule has 1 aromatic heterocycles. The first kappa shape index (κ1) is 19.0. The number of nitrogens with one attached hydrogen (secondary N) is 2. The third-order valence-corrected chi connectivity index (χ3v) is 4.17. The number of anilines is 2. The number of hydrogen-bond acceptors (Lipinski definition) is 5. The first-order valence-corrected chi connectivity index (χ1v) is 8.44. The van der Waals surface area contributed by atoms with Crippen molar-refractivity contribution in [2.45, 2.75) is 6.54 Å². The van der Waals surface area contributed by atoms with Crippen LogP contribution in [-0.4, -0.2) is 22.9 Å². The number of primary amides is 1. The maximum Gasteiger partial charge on any atom is 0.316 e. The zero-order valence-corrected chi connectivity index (χ0v) is 15.2. The van der Waals surface area contributed by atoms with Gasteiger partial charge in [0, 0.05) is 17.8 Å². The lowest BCUT2D eigenvalue weighted by Crippen LogP contribution is -2.23. The number of nitrogens with zero attached hydrogens (tertiary/aromatic N) is 1. The lowest BCUT2D eigenvalue weighted by atomic mass is 10.0. The number of benzene rings is 2. The van der Waals surface area contributed by atoms with Gasteiger partial charge < -0.3 is 20.4 Å². The summed E-state index contributed by atoms with van der Waals surface area (Å²) in [5.41, 5.74) is 10.5. The average molecular weight is 380 g/mol. The number of hydrogen-bond donors (Lipinski definition) is 4. The molecule has 5 N–H and O–H groups in total. The van der Waals surface area contributed by atoms with Gasteiger partial charge in [-0.05, 0) is 41.5 Å². The molecule has 0 unspecified atom stereocenters. The van der Waals surface area contributed by atoms with Gasteiger partial charge in [0.1, 0.15) is 5.75 Å². The smallest absolute Gasteiger partial charge is 0.316 e. The molecule has 1 heterocycles. The molecule has 144 valence electrons. The van der Waals surface area contributed by atoms with E-state index in [0.717, 1.165) is 16.7 Å². The Kier molecular flexibility index (Phi) is 5.61. The molecule has 8 nitrogen and oxygen atoms in total. The molecule has 0 saturated heterocycles. The SMILES string of the molecule is COc1ccc(Cn2cc(NC(N)=O)ccc2=O)cc1-c1cccc(NO)c1. The van der Waals surface area contributed by atoms with Gasteiger partial charge in [0.05, 0.1) is 25.0 Å². The van der Waals surface area contributed by atoms with Crippen molar-refractivity contribution >= 4 is 17.4 Å². The Morgan fingerprint density at radius 1 is 1.14 bits per heavy atom. The van der Waals surface area contributed by atoms with Gasteiger partial charge in [-0.1, -0.05) is 18.2 Å². The number of carbonyl (C=O) groups excluding carboxylic acids is 1. The van der Waals surface area contributed by atoms with Crippen LogP contribution >= 0.6 is 0 Å². The molecule has 2 aromatic carbocycles. The summed E-state index contributed by atoms with van der Waals surface area (Å²) < 4.78 is 6.93. The third-order valence-electron chi connectivity index (χ3n) is 4.17. The van der Waals surface area contributed by atoms with Crippen molar-refractivity contribution in [3.63, 3.8) is 0 Å². The highest BCUT2D eigenvalue weighted by Gasteiger charge is 2.09. The first-order valence-electron chi connectivity index (χ1n) is 8.44. The molecule has 0 aliphatic carbocycles. The van der Waals surface area contributed by atoms with Crippen LogP contribution in [0, 0.1) is 0 Å². The highest BCUT2D eigenvalue weighted by Crippen LogP contribution is 2.32. The van der Waals surface area contributed by atoms with E-state index < -0.39 is 6.03 Å². The number of urea groups is 1. The van der Waals surface area contributed by atoms with E-state index in [2.05, 4.69) is 10.8 Å². The van der Waals surface area contributed by atoms with Crippen LogP contribution in [0.15, 0.2) is 65.6 Å². The molecular weight excluding hydrogens is 360 g/mol. The molecule has 8 heteroatoms. The number of ether oxygens (including phenoxy) is 1. The van der Waals surface area contributed by atoms with E-state index >= 15 is 0 Å². The minimum Gasteiger partial charge on any atom is -0.496 e. The second-order valence-electron chi connectivity index (χ2n) is 6.10. The van der Waals surface area contributed by atoms with Gasteiger partial charge in [-0.25, -0.2) is 4.79 Å². The Hall–Kier alpha value is -3.78. The topological polar surface area (TPSA) is 119 Å². The molecule has 3 aromatic rings. The number of pyridine rings is 1. The summed E-state index contributed by atoms with van der Waals surface area (Å²) in [6.07, 6.45) is 1.54. The van der Waals surface area contributed by atoms with Crippen molar-refractivity contribution in [2.24, 2.45) is 5.73 Å². The van der Waals surface area contributed by atoms with E-state index in [1.54, 1.807) is 19.2 Å².